The Morgan fingerprint density at radius 3 is 2.55 bits per heavy atom. The monoisotopic (exact) mass is 271 g/mol. The molecule has 1 atom stereocenters. The fourth-order valence-corrected chi connectivity index (χ4v) is 2.01. The van der Waals surface area contributed by atoms with Crippen LogP contribution in [-0.4, -0.2) is 25.0 Å². The van der Waals surface area contributed by atoms with Gasteiger partial charge < -0.3 is 9.47 Å². The fraction of sp³-hybridized carbons (Fsp3) is 0.250. The highest BCUT2D eigenvalue weighted by molar-refractivity contribution is 6.03. The van der Waals surface area contributed by atoms with Crippen molar-refractivity contribution in [3.05, 3.63) is 53.9 Å². The van der Waals surface area contributed by atoms with Gasteiger partial charge in [0.05, 0.1) is 31.4 Å². The highest BCUT2D eigenvalue weighted by atomic mass is 16.5. The minimum atomic E-state index is -0.336. The van der Waals surface area contributed by atoms with Crippen LogP contribution in [0.25, 0.3) is 0 Å². The number of benzene rings is 1. The van der Waals surface area contributed by atoms with Crippen molar-refractivity contribution in [1.29, 1.82) is 0 Å². The van der Waals surface area contributed by atoms with Crippen molar-refractivity contribution in [3.8, 4) is 11.5 Å². The second-order valence-electron chi connectivity index (χ2n) is 4.41. The van der Waals surface area contributed by atoms with Crippen LogP contribution in [0.3, 0.4) is 0 Å². The smallest absolute Gasteiger partial charge is 0.175 e. The van der Waals surface area contributed by atoms with Crippen LogP contribution in [0.15, 0.2) is 42.6 Å². The number of ether oxygens (including phenoxy) is 2. The standard InChI is InChI=1S/C16H17NO3/c1-11(14-6-4-5-9-17-14)16(18)13-10-12(19-2)7-8-15(13)20-3/h4-11H,1-3H3. The van der Waals surface area contributed by atoms with Crippen molar-refractivity contribution in [1.82, 2.24) is 4.98 Å². The average molecular weight is 271 g/mol. The Kier molecular flexibility index (Phi) is 4.35. The number of carbonyl (C=O) groups is 1. The second kappa shape index (κ2) is 6.19. The van der Waals surface area contributed by atoms with Crippen LogP contribution in [0.4, 0.5) is 0 Å². The molecule has 4 nitrogen and oxygen atoms in total. The lowest BCUT2D eigenvalue weighted by Gasteiger charge is -2.13. The molecule has 1 heterocycles. The maximum atomic E-state index is 12.6. The van der Waals surface area contributed by atoms with Gasteiger partial charge in [-0.05, 0) is 37.3 Å². The molecule has 0 aliphatic rings. The molecule has 0 saturated carbocycles. The molecule has 0 fully saturated rings. The molecule has 2 rings (SSSR count). The van der Waals surface area contributed by atoms with E-state index in [0.29, 0.717) is 17.1 Å². The van der Waals surface area contributed by atoms with Crippen molar-refractivity contribution in [2.45, 2.75) is 12.8 Å². The number of rotatable bonds is 5. The SMILES string of the molecule is COc1ccc(OC)c(C(=O)C(C)c2ccccn2)c1. The zero-order valence-corrected chi connectivity index (χ0v) is 11.8. The predicted octanol–water partition coefficient (Wildman–Crippen LogP) is 3.09. The molecule has 0 bridgehead atoms. The number of Topliss-reactive ketones (excluding diaryl/α,β-unsaturated/α-hetero) is 1. The van der Waals surface area contributed by atoms with E-state index in [1.165, 1.54) is 0 Å². The third-order valence-electron chi connectivity index (χ3n) is 3.20. The number of pyridine rings is 1. The van der Waals surface area contributed by atoms with Crippen LogP contribution < -0.4 is 9.47 Å². The van der Waals surface area contributed by atoms with Gasteiger partial charge in [0.15, 0.2) is 5.78 Å². The van der Waals surface area contributed by atoms with E-state index in [2.05, 4.69) is 4.98 Å². The van der Waals surface area contributed by atoms with Crippen LogP contribution in [0, 0.1) is 0 Å². The molecule has 0 saturated heterocycles. The van der Waals surface area contributed by atoms with E-state index >= 15 is 0 Å². The first-order valence-electron chi connectivity index (χ1n) is 6.34. The van der Waals surface area contributed by atoms with E-state index in [1.807, 2.05) is 25.1 Å². The summed E-state index contributed by atoms with van der Waals surface area (Å²) < 4.78 is 10.4. The number of aromatic nitrogens is 1. The molecule has 104 valence electrons. The molecule has 0 N–H and O–H groups in total. The van der Waals surface area contributed by atoms with E-state index < -0.39 is 0 Å². The molecule has 20 heavy (non-hydrogen) atoms. The third kappa shape index (κ3) is 2.79. The van der Waals surface area contributed by atoms with Crippen molar-refractivity contribution >= 4 is 5.78 Å². The molecule has 0 amide bonds. The Balaban J connectivity index is 2.37. The van der Waals surface area contributed by atoms with E-state index in [-0.39, 0.29) is 11.7 Å². The summed E-state index contributed by atoms with van der Waals surface area (Å²) in [7, 11) is 3.11. The van der Waals surface area contributed by atoms with E-state index in [9.17, 15) is 4.79 Å². The van der Waals surface area contributed by atoms with Crippen molar-refractivity contribution in [2.24, 2.45) is 0 Å². The molecule has 0 spiro atoms. The zero-order valence-electron chi connectivity index (χ0n) is 11.8. The first kappa shape index (κ1) is 14.1. The van der Waals surface area contributed by atoms with Gasteiger partial charge in [-0.2, -0.15) is 0 Å². The van der Waals surface area contributed by atoms with Crippen LogP contribution in [0.1, 0.15) is 28.9 Å². The Morgan fingerprint density at radius 2 is 1.95 bits per heavy atom. The summed E-state index contributed by atoms with van der Waals surface area (Å²) in [5, 5.41) is 0. The first-order valence-corrected chi connectivity index (χ1v) is 6.34. The van der Waals surface area contributed by atoms with Gasteiger partial charge in [-0.1, -0.05) is 6.07 Å². The largest absolute Gasteiger partial charge is 0.497 e. The quantitative estimate of drug-likeness (QED) is 0.784. The van der Waals surface area contributed by atoms with Gasteiger partial charge in [-0.25, -0.2) is 0 Å². The van der Waals surface area contributed by atoms with Gasteiger partial charge in [0.2, 0.25) is 0 Å². The molecule has 2 aromatic rings. The van der Waals surface area contributed by atoms with Gasteiger partial charge in [-0.15, -0.1) is 0 Å². The van der Waals surface area contributed by atoms with Gasteiger partial charge >= 0.3 is 0 Å². The normalized spacial score (nSPS) is 11.8. The molecule has 1 unspecified atom stereocenters. The second-order valence-corrected chi connectivity index (χ2v) is 4.41. The Labute approximate surface area is 118 Å². The minimum Gasteiger partial charge on any atom is -0.497 e. The molecule has 0 aliphatic carbocycles. The van der Waals surface area contributed by atoms with Crippen LogP contribution in [0.2, 0.25) is 0 Å². The van der Waals surface area contributed by atoms with Crippen LogP contribution >= 0.6 is 0 Å². The Morgan fingerprint density at radius 1 is 1.15 bits per heavy atom. The first-order chi connectivity index (χ1) is 9.67. The molecule has 1 aromatic carbocycles. The summed E-state index contributed by atoms with van der Waals surface area (Å²) in [4.78, 5) is 16.8. The predicted molar refractivity (Wildman–Crippen MR) is 76.5 cm³/mol. The summed E-state index contributed by atoms with van der Waals surface area (Å²) in [6, 6.07) is 10.7. The topological polar surface area (TPSA) is 48.4 Å². The highest BCUT2D eigenvalue weighted by Gasteiger charge is 2.22. The number of ketones is 1. The summed E-state index contributed by atoms with van der Waals surface area (Å²) >= 11 is 0. The molecule has 4 heteroatoms. The third-order valence-corrected chi connectivity index (χ3v) is 3.20. The molecule has 0 aliphatic heterocycles. The highest BCUT2D eigenvalue weighted by Crippen LogP contribution is 2.28. The van der Waals surface area contributed by atoms with E-state index in [4.69, 9.17) is 9.47 Å². The van der Waals surface area contributed by atoms with Crippen molar-refractivity contribution in [3.63, 3.8) is 0 Å². The summed E-state index contributed by atoms with van der Waals surface area (Å²) in [6.45, 7) is 1.84. The maximum absolute atomic E-state index is 12.6. The van der Waals surface area contributed by atoms with Gasteiger partial charge in [0.25, 0.3) is 0 Å². The van der Waals surface area contributed by atoms with Gasteiger partial charge in [0, 0.05) is 6.20 Å². The zero-order chi connectivity index (χ0) is 14.5. The lowest BCUT2D eigenvalue weighted by Crippen LogP contribution is -2.12. The number of methoxy groups -OCH3 is 2. The van der Waals surface area contributed by atoms with Crippen LogP contribution in [-0.2, 0) is 0 Å². The number of carbonyl (C=O) groups excluding carboxylic acids is 1. The molecule has 0 radical (unpaired) electrons. The fourth-order valence-electron chi connectivity index (χ4n) is 2.01. The minimum absolute atomic E-state index is 0.0422. The average Bonchev–Trinajstić information content (AvgIpc) is 2.53. The van der Waals surface area contributed by atoms with Crippen LogP contribution in [0.5, 0.6) is 11.5 Å². The van der Waals surface area contributed by atoms with Gasteiger partial charge in [-0.3, -0.25) is 9.78 Å². The number of hydrogen-bond donors (Lipinski definition) is 0. The Bertz CT molecular complexity index is 596. The van der Waals surface area contributed by atoms with E-state index in [1.54, 1.807) is 38.6 Å². The summed E-state index contributed by atoms with van der Waals surface area (Å²) in [6.07, 6.45) is 1.68. The van der Waals surface area contributed by atoms with Crippen molar-refractivity contribution < 1.29 is 14.3 Å². The molecular weight excluding hydrogens is 254 g/mol. The summed E-state index contributed by atoms with van der Waals surface area (Å²) in [5.41, 5.74) is 1.24. The summed E-state index contributed by atoms with van der Waals surface area (Å²) in [5.74, 6) is 0.789. The number of hydrogen-bond acceptors (Lipinski definition) is 4. The maximum Gasteiger partial charge on any atom is 0.175 e. The molecular formula is C16H17NO3. The Hall–Kier alpha value is -2.36. The van der Waals surface area contributed by atoms with Gasteiger partial charge in [0.1, 0.15) is 11.5 Å². The van der Waals surface area contributed by atoms with E-state index in [0.717, 1.165) is 5.69 Å². The molecule has 1 aromatic heterocycles. The lowest BCUT2D eigenvalue weighted by atomic mass is 9.95. The lowest BCUT2D eigenvalue weighted by molar-refractivity contribution is 0.0961. The van der Waals surface area contributed by atoms with Crippen molar-refractivity contribution in [2.75, 3.05) is 14.2 Å². The number of nitrogens with zero attached hydrogens (tertiary/aromatic N) is 1.